The second kappa shape index (κ2) is 3.77. The number of benzene rings is 1. The lowest BCUT2D eigenvalue weighted by molar-refractivity contribution is -0.136. The minimum atomic E-state index is -0.749. The monoisotopic (exact) mass is 203 g/mol. The van der Waals surface area contributed by atoms with Crippen LogP contribution in [0.5, 0.6) is 0 Å². The van der Waals surface area contributed by atoms with Gasteiger partial charge in [0.1, 0.15) is 0 Å². The Bertz CT molecular complexity index is 499. The highest BCUT2D eigenvalue weighted by molar-refractivity contribution is 5.81. The van der Waals surface area contributed by atoms with Gasteiger partial charge in [0.2, 0.25) is 0 Å². The van der Waals surface area contributed by atoms with Gasteiger partial charge in [-0.25, -0.2) is 0 Å². The van der Waals surface area contributed by atoms with Gasteiger partial charge in [0.15, 0.2) is 0 Å². The normalized spacial score (nSPS) is 10.7. The van der Waals surface area contributed by atoms with Gasteiger partial charge in [-0.3, -0.25) is 4.79 Å². The van der Waals surface area contributed by atoms with Crippen molar-refractivity contribution in [1.29, 1.82) is 0 Å². The summed E-state index contributed by atoms with van der Waals surface area (Å²) >= 11 is 0. The summed E-state index contributed by atoms with van der Waals surface area (Å²) in [5.41, 5.74) is 3.33. The first-order valence-electron chi connectivity index (χ1n) is 4.95. The van der Waals surface area contributed by atoms with Crippen LogP contribution in [0.25, 0.3) is 10.9 Å². The molecule has 0 saturated heterocycles. The lowest BCUT2D eigenvalue weighted by atomic mass is 10.0. The fourth-order valence-corrected chi connectivity index (χ4v) is 1.77. The van der Waals surface area contributed by atoms with E-state index in [9.17, 15) is 4.79 Å². The number of rotatable bonds is 3. The Morgan fingerprint density at radius 3 is 3.00 bits per heavy atom. The molecule has 0 unspecified atom stereocenters. The third kappa shape index (κ3) is 2.01. The van der Waals surface area contributed by atoms with Crippen LogP contribution in [0, 0.1) is 6.92 Å². The second-order valence-corrected chi connectivity index (χ2v) is 3.74. The van der Waals surface area contributed by atoms with Crippen LogP contribution >= 0.6 is 0 Å². The maximum absolute atomic E-state index is 10.5. The molecule has 0 aliphatic carbocycles. The standard InChI is InChI=1S/C12H13NO2/c1-8-6-10-4-5-13-11(10)7-9(8)2-3-12(14)15/h4-7,13H,2-3H2,1H3,(H,14,15). The summed E-state index contributed by atoms with van der Waals surface area (Å²) in [6.45, 7) is 2.02. The molecule has 0 amide bonds. The minimum absolute atomic E-state index is 0.188. The second-order valence-electron chi connectivity index (χ2n) is 3.74. The predicted octanol–water partition coefficient (Wildman–Crippen LogP) is 2.49. The van der Waals surface area contributed by atoms with E-state index in [1.54, 1.807) is 0 Å². The highest BCUT2D eigenvalue weighted by Crippen LogP contribution is 2.19. The highest BCUT2D eigenvalue weighted by Gasteiger charge is 2.04. The van der Waals surface area contributed by atoms with Crippen LogP contribution in [0.2, 0.25) is 0 Å². The number of aromatic nitrogens is 1. The first-order chi connectivity index (χ1) is 7.16. The number of aliphatic carboxylic acids is 1. The van der Waals surface area contributed by atoms with Crippen molar-refractivity contribution in [3.05, 3.63) is 35.5 Å². The molecule has 1 heterocycles. The van der Waals surface area contributed by atoms with Gasteiger partial charge in [-0.05, 0) is 48.1 Å². The van der Waals surface area contributed by atoms with Crippen LogP contribution < -0.4 is 0 Å². The van der Waals surface area contributed by atoms with Crippen molar-refractivity contribution >= 4 is 16.9 Å². The molecule has 0 aliphatic rings. The average Bonchev–Trinajstić information content (AvgIpc) is 2.60. The Kier molecular flexibility index (Phi) is 2.46. The van der Waals surface area contributed by atoms with Gasteiger partial charge in [-0.15, -0.1) is 0 Å². The lowest BCUT2D eigenvalue weighted by Gasteiger charge is -2.04. The fourth-order valence-electron chi connectivity index (χ4n) is 1.77. The van der Waals surface area contributed by atoms with Crippen molar-refractivity contribution < 1.29 is 9.90 Å². The van der Waals surface area contributed by atoms with E-state index in [1.807, 2.05) is 25.3 Å². The Morgan fingerprint density at radius 2 is 2.27 bits per heavy atom. The van der Waals surface area contributed by atoms with E-state index in [2.05, 4.69) is 11.1 Å². The molecule has 0 radical (unpaired) electrons. The molecule has 78 valence electrons. The summed E-state index contributed by atoms with van der Waals surface area (Å²) in [4.78, 5) is 13.6. The van der Waals surface area contributed by atoms with Gasteiger partial charge in [-0.2, -0.15) is 0 Å². The van der Waals surface area contributed by atoms with Gasteiger partial charge in [0, 0.05) is 18.1 Å². The topological polar surface area (TPSA) is 53.1 Å². The van der Waals surface area contributed by atoms with Crippen molar-refractivity contribution in [1.82, 2.24) is 4.98 Å². The molecule has 0 fully saturated rings. The summed E-state index contributed by atoms with van der Waals surface area (Å²) in [7, 11) is 0. The van der Waals surface area contributed by atoms with E-state index in [1.165, 1.54) is 5.39 Å². The molecular formula is C12H13NO2. The number of aryl methyl sites for hydroxylation is 2. The Balaban J connectivity index is 2.33. The molecule has 2 aromatic rings. The van der Waals surface area contributed by atoms with Crippen molar-refractivity contribution in [2.45, 2.75) is 19.8 Å². The van der Waals surface area contributed by atoms with Crippen LogP contribution in [0.1, 0.15) is 17.5 Å². The zero-order chi connectivity index (χ0) is 10.8. The van der Waals surface area contributed by atoms with E-state index >= 15 is 0 Å². The molecule has 0 spiro atoms. The van der Waals surface area contributed by atoms with E-state index in [4.69, 9.17) is 5.11 Å². The Labute approximate surface area is 87.7 Å². The quantitative estimate of drug-likeness (QED) is 0.805. The van der Waals surface area contributed by atoms with Gasteiger partial charge < -0.3 is 10.1 Å². The lowest BCUT2D eigenvalue weighted by Crippen LogP contribution is -1.98. The fraction of sp³-hybridized carbons (Fsp3) is 0.250. The minimum Gasteiger partial charge on any atom is -0.481 e. The predicted molar refractivity (Wildman–Crippen MR) is 59.0 cm³/mol. The van der Waals surface area contributed by atoms with Crippen molar-refractivity contribution in [2.24, 2.45) is 0 Å². The number of carbonyl (C=O) groups is 1. The summed E-state index contributed by atoms with van der Waals surface area (Å²) in [6.07, 6.45) is 2.67. The number of nitrogens with one attached hydrogen (secondary N) is 1. The molecule has 1 aromatic carbocycles. The first kappa shape index (κ1) is 9.77. The summed E-state index contributed by atoms with van der Waals surface area (Å²) < 4.78 is 0. The van der Waals surface area contributed by atoms with Crippen LogP contribution in [0.15, 0.2) is 24.4 Å². The Hall–Kier alpha value is -1.77. The van der Waals surface area contributed by atoms with Crippen LogP contribution in [-0.4, -0.2) is 16.1 Å². The molecule has 1 aromatic heterocycles. The number of H-pyrrole nitrogens is 1. The molecule has 0 aliphatic heterocycles. The Morgan fingerprint density at radius 1 is 1.47 bits per heavy atom. The third-order valence-electron chi connectivity index (χ3n) is 2.62. The molecule has 15 heavy (non-hydrogen) atoms. The number of aromatic amines is 1. The van der Waals surface area contributed by atoms with E-state index in [0.29, 0.717) is 6.42 Å². The largest absolute Gasteiger partial charge is 0.481 e. The maximum Gasteiger partial charge on any atom is 0.303 e. The molecule has 0 atom stereocenters. The highest BCUT2D eigenvalue weighted by atomic mass is 16.4. The maximum atomic E-state index is 10.5. The number of carboxylic acids is 1. The number of carboxylic acid groups (broad SMARTS) is 1. The molecule has 0 bridgehead atoms. The van der Waals surface area contributed by atoms with Crippen molar-refractivity contribution in [2.75, 3.05) is 0 Å². The summed E-state index contributed by atoms with van der Waals surface area (Å²) in [5, 5.41) is 9.80. The summed E-state index contributed by atoms with van der Waals surface area (Å²) in [6, 6.07) is 6.14. The zero-order valence-corrected chi connectivity index (χ0v) is 8.58. The van der Waals surface area contributed by atoms with Crippen LogP contribution in [0.4, 0.5) is 0 Å². The third-order valence-corrected chi connectivity index (χ3v) is 2.62. The van der Waals surface area contributed by atoms with Crippen LogP contribution in [-0.2, 0) is 11.2 Å². The average molecular weight is 203 g/mol. The molecule has 3 heteroatoms. The van der Waals surface area contributed by atoms with E-state index in [-0.39, 0.29) is 6.42 Å². The van der Waals surface area contributed by atoms with Gasteiger partial charge in [0.25, 0.3) is 0 Å². The SMILES string of the molecule is Cc1cc2cc[nH]c2cc1CCC(=O)O. The zero-order valence-electron chi connectivity index (χ0n) is 8.58. The summed E-state index contributed by atoms with van der Waals surface area (Å²) in [5.74, 6) is -0.749. The van der Waals surface area contributed by atoms with E-state index in [0.717, 1.165) is 16.6 Å². The smallest absolute Gasteiger partial charge is 0.303 e. The number of hydrogen-bond acceptors (Lipinski definition) is 1. The van der Waals surface area contributed by atoms with Crippen molar-refractivity contribution in [3.63, 3.8) is 0 Å². The number of hydrogen-bond donors (Lipinski definition) is 2. The number of fused-ring (bicyclic) bond motifs is 1. The van der Waals surface area contributed by atoms with Gasteiger partial charge >= 0.3 is 5.97 Å². The van der Waals surface area contributed by atoms with Crippen LogP contribution in [0.3, 0.4) is 0 Å². The van der Waals surface area contributed by atoms with Gasteiger partial charge in [-0.1, -0.05) is 0 Å². The molecule has 0 saturated carbocycles. The molecular weight excluding hydrogens is 190 g/mol. The molecule has 2 rings (SSSR count). The van der Waals surface area contributed by atoms with E-state index < -0.39 is 5.97 Å². The first-order valence-corrected chi connectivity index (χ1v) is 4.95. The van der Waals surface area contributed by atoms with Gasteiger partial charge in [0.05, 0.1) is 0 Å². The van der Waals surface area contributed by atoms with Crippen molar-refractivity contribution in [3.8, 4) is 0 Å². The molecule has 2 N–H and O–H groups in total. The molecule has 3 nitrogen and oxygen atoms in total.